The quantitative estimate of drug-likeness (QED) is 0.823. The molecule has 0 saturated carbocycles. The van der Waals surface area contributed by atoms with Crippen LogP contribution in [0.5, 0.6) is 0 Å². The van der Waals surface area contributed by atoms with Gasteiger partial charge in [0.2, 0.25) is 5.91 Å². The molecule has 0 radical (unpaired) electrons. The van der Waals surface area contributed by atoms with Crippen LogP contribution in [0.2, 0.25) is 0 Å². The highest BCUT2D eigenvalue weighted by molar-refractivity contribution is 7.92. The standard InChI is InChI=1S/C10H13NO3S/c1-7-3-5-9(6-4-7)15(13,14)8(2)10(11)12/h3-6,8H,1-2H3,(H2,11,12). The van der Waals surface area contributed by atoms with Crippen molar-refractivity contribution in [2.45, 2.75) is 24.0 Å². The van der Waals surface area contributed by atoms with Crippen molar-refractivity contribution in [3.8, 4) is 0 Å². The molecule has 0 aromatic heterocycles. The predicted octanol–water partition coefficient (Wildman–Crippen LogP) is 0.643. The van der Waals surface area contributed by atoms with Gasteiger partial charge < -0.3 is 5.73 Å². The molecule has 0 heterocycles. The van der Waals surface area contributed by atoms with Crippen LogP contribution in [0.25, 0.3) is 0 Å². The van der Waals surface area contributed by atoms with E-state index in [9.17, 15) is 13.2 Å². The third kappa shape index (κ3) is 2.36. The first-order chi connectivity index (χ1) is 6.85. The molecule has 0 aliphatic carbocycles. The molecule has 0 bridgehead atoms. The van der Waals surface area contributed by atoms with E-state index in [2.05, 4.69) is 0 Å². The SMILES string of the molecule is Cc1ccc(S(=O)(=O)C(C)C(N)=O)cc1. The first kappa shape index (κ1) is 11.7. The maximum absolute atomic E-state index is 11.8. The number of hydrogen-bond donors (Lipinski definition) is 1. The Morgan fingerprint density at radius 1 is 1.27 bits per heavy atom. The van der Waals surface area contributed by atoms with Crippen molar-refractivity contribution in [2.24, 2.45) is 5.73 Å². The summed E-state index contributed by atoms with van der Waals surface area (Å²) in [6.07, 6.45) is 0. The smallest absolute Gasteiger partial charge is 0.235 e. The number of carbonyl (C=O) groups excluding carboxylic acids is 1. The average molecular weight is 227 g/mol. The average Bonchev–Trinajstić information content (AvgIpc) is 2.17. The second-order valence-electron chi connectivity index (χ2n) is 3.40. The van der Waals surface area contributed by atoms with E-state index in [4.69, 9.17) is 5.73 Å². The molecule has 1 amide bonds. The Kier molecular flexibility index (Phi) is 3.14. The highest BCUT2D eigenvalue weighted by Crippen LogP contribution is 2.16. The third-order valence-corrected chi connectivity index (χ3v) is 4.31. The molecule has 5 heteroatoms. The van der Waals surface area contributed by atoms with Crippen molar-refractivity contribution in [1.29, 1.82) is 0 Å². The lowest BCUT2D eigenvalue weighted by Gasteiger charge is -2.09. The largest absolute Gasteiger partial charge is 0.369 e. The number of hydrogen-bond acceptors (Lipinski definition) is 3. The van der Waals surface area contributed by atoms with Gasteiger partial charge in [0, 0.05) is 0 Å². The van der Waals surface area contributed by atoms with Crippen molar-refractivity contribution < 1.29 is 13.2 Å². The lowest BCUT2D eigenvalue weighted by Crippen LogP contribution is -2.33. The number of rotatable bonds is 3. The van der Waals surface area contributed by atoms with Crippen LogP contribution in [0.1, 0.15) is 12.5 Å². The van der Waals surface area contributed by atoms with E-state index in [0.29, 0.717) is 0 Å². The molecule has 4 nitrogen and oxygen atoms in total. The minimum atomic E-state index is -3.63. The molecular weight excluding hydrogens is 214 g/mol. The second kappa shape index (κ2) is 4.02. The molecule has 0 saturated heterocycles. The minimum Gasteiger partial charge on any atom is -0.369 e. The zero-order valence-corrected chi connectivity index (χ0v) is 9.41. The summed E-state index contributed by atoms with van der Waals surface area (Å²) in [6, 6.07) is 6.31. The Hall–Kier alpha value is -1.36. The van der Waals surface area contributed by atoms with Crippen LogP contribution < -0.4 is 5.73 Å². The number of aryl methyl sites for hydroxylation is 1. The van der Waals surface area contributed by atoms with E-state index in [-0.39, 0.29) is 4.90 Å². The number of sulfone groups is 1. The number of carbonyl (C=O) groups is 1. The number of amides is 1. The molecule has 1 unspecified atom stereocenters. The van der Waals surface area contributed by atoms with Gasteiger partial charge in [0.15, 0.2) is 9.84 Å². The number of nitrogens with two attached hydrogens (primary N) is 1. The molecule has 0 aliphatic rings. The first-order valence-electron chi connectivity index (χ1n) is 4.45. The summed E-state index contributed by atoms with van der Waals surface area (Å²) < 4.78 is 23.6. The molecule has 1 aromatic carbocycles. The number of benzene rings is 1. The van der Waals surface area contributed by atoms with Gasteiger partial charge in [-0.25, -0.2) is 8.42 Å². The molecule has 82 valence electrons. The van der Waals surface area contributed by atoms with Crippen LogP contribution in [0.15, 0.2) is 29.2 Å². The van der Waals surface area contributed by atoms with E-state index < -0.39 is 21.0 Å². The Labute approximate surface area is 89.0 Å². The highest BCUT2D eigenvalue weighted by Gasteiger charge is 2.27. The highest BCUT2D eigenvalue weighted by atomic mass is 32.2. The van der Waals surface area contributed by atoms with Gasteiger partial charge in [-0.1, -0.05) is 17.7 Å². The van der Waals surface area contributed by atoms with Crippen LogP contribution in [0.4, 0.5) is 0 Å². The van der Waals surface area contributed by atoms with Crippen LogP contribution in [-0.4, -0.2) is 19.6 Å². The van der Waals surface area contributed by atoms with Gasteiger partial charge in [0.05, 0.1) is 4.90 Å². The molecule has 0 spiro atoms. The number of primary amides is 1. The molecular formula is C10H13NO3S. The van der Waals surface area contributed by atoms with Crippen molar-refractivity contribution in [3.05, 3.63) is 29.8 Å². The van der Waals surface area contributed by atoms with Crippen LogP contribution in [-0.2, 0) is 14.6 Å². The van der Waals surface area contributed by atoms with Crippen LogP contribution >= 0.6 is 0 Å². The lowest BCUT2D eigenvalue weighted by atomic mass is 10.2. The topological polar surface area (TPSA) is 77.2 Å². The van der Waals surface area contributed by atoms with Gasteiger partial charge in [-0.15, -0.1) is 0 Å². The fourth-order valence-electron chi connectivity index (χ4n) is 1.08. The monoisotopic (exact) mass is 227 g/mol. The van der Waals surface area contributed by atoms with Crippen molar-refractivity contribution in [1.82, 2.24) is 0 Å². The van der Waals surface area contributed by atoms with E-state index in [1.807, 2.05) is 6.92 Å². The van der Waals surface area contributed by atoms with Crippen LogP contribution in [0.3, 0.4) is 0 Å². The molecule has 0 fully saturated rings. The van der Waals surface area contributed by atoms with E-state index >= 15 is 0 Å². The molecule has 15 heavy (non-hydrogen) atoms. The van der Waals surface area contributed by atoms with Crippen molar-refractivity contribution >= 4 is 15.7 Å². The van der Waals surface area contributed by atoms with Gasteiger partial charge >= 0.3 is 0 Å². The summed E-state index contributed by atoms with van der Waals surface area (Å²) in [4.78, 5) is 11.0. The van der Waals surface area contributed by atoms with E-state index in [1.54, 1.807) is 12.1 Å². The maximum atomic E-state index is 11.8. The summed E-state index contributed by atoms with van der Waals surface area (Å²) in [5, 5.41) is -1.19. The molecule has 1 atom stereocenters. The Bertz CT molecular complexity index is 462. The third-order valence-electron chi connectivity index (χ3n) is 2.22. The molecule has 1 aromatic rings. The summed E-state index contributed by atoms with van der Waals surface area (Å²) in [5.74, 6) is -0.837. The van der Waals surface area contributed by atoms with Gasteiger partial charge in [0.25, 0.3) is 0 Å². The van der Waals surface area contributed by atoms with E-state index in [1.165, 1.54) is 19.1 Å². The summed E-state index contributed by atoms with van der Waals surface area (Å²) in [5.41, 5.74) is 5.93. The Morgan fingerprint density at radius 2 is 1.73 bits per heavy atom. The fraction of sp³-hybridized carbons (Fsp3) is 0.300. The summed E-state index contributed by atoms with van der Waals surface area (Å²) in [6.45, 7) is 3.14. The Balaban J connectivity index is 3.17. The minimum absolute atomic E-state index is 0.124. The Morgan fingerprint density at radius 3 is 2.13 bits per heavy atom. The normalized spacial score (nSPS) is 13.5. The summed E-state index contributed by atoms with van der Waals surface area (Å²) >= 11 is 0. The van der Waals surface area contributed by atoms with E-state index in [0.717, 1.165) is 5.56 Å². The summed E-state index contributed by atoms with van der Waals surface area (Å²) in [7, 11) is -3.63. The van der Waals surface area contributed by atoms with Crippen LogP contribution in [0, 0.1) is 6.92 Å². The van der Waals surface area contributed by atoms with Crippen molar-refractivity contribution in [3.63, 3.8) is 0 Å². The zero-order valence-electron chi connectivity index (χ0n) is 8.60. The first-order valence-corrected chi connectivity index (χ1v) is 6.00. The second-order valence-corrected chi connectivity index (χ2v) is 5.67. The molecule has 0 aliphatic heterocycles. The van der Waals surface area contributed by atoms with Gasteiger partial charge in [-0.2, -0.15) is 0 Å². The van der Waals surface area contributed by atoms with Crippen molar-refractivity contribution in [2.75, 3.05) is 0 Å². The predicted molar refractivity (Wildman–Crippen MR) is 57.0 cm³/mol. The molecule has 1 rings (SSSR count). The fourth-order valence-corrected chi connectivity index (χ4v) is 2.31. The maximum Gasteiger partial charge on any atom is 0.235 e. The zero-order chi connectivity index (χ0) is 11.6. The lowest BCUT2D eigenvalue weighted by molar-refractivity contribution is -0.117. The van der Waals surface area contributed by atoms with Gasteiger partial charge in [-0.3, -0.25) is 4.79 Å². The van der Waals surface area contributed by atoms with Gasteiger partial charge in [0.1, 0.15) is 5.25 Å². The van der Waals surface area contributed by atoms with Gasteiger partial charge in [-0.05, 0) is 26.0 Å². The molecule has 2 N–H and O–H groups in total.